The van der Waals surface area contributed by atoms with Crippen LogP contribution >= 0.6 is 0 Å². The van der Waals surface area contributed by atoms with Crippen LogP contribution < -0.4 is 5.32 Å². The largest absolute Gasteiger partial charge is 0.368 e. The van der Waals surface area contributed by atoms with Crippen molar-refractivity contribution in [1.82, 2.24) is 9.97 Å². The van der Waals surface area contributed by atoms with E-state index < -0.39 is 9.84 Å². The molecule has 1 atom stereocenters. The zero-order valence-electron chi connectivity index (χ0n) is 10.1. The van der Waals surface area contributed by atoms with Gasteiger partial charge in [-0.3, -0.25) is 4.98 Å². The van der Waals surface area contributed by atoms with E-state index in [0.29, 0.717) is 12.3 Å². The van der Waals surface area contributed by atoms with Crippen LogP contribution in [0.5, 0.6) is 0 Å². The summed E-state index contributed by atoms with van der Waals surface area (Å²) in [5, 5.41) is 3.20. The second-order valence-electron chi connectivity index (χ2n) is 4.60. The van der Waals surface area contributed by atoms with E-state index in [4.69, 9.17) is 0 Å². The molecule has 94 valence electrons. The standard InChI is InChI=1S/C11H17N3O2S/c1-8-5-12-9(2)11(14-8)13-6-10-3-4-17(15,16)7-10/h5,10H,3-4,6-7H2,1-2H3,(H,13,14). The molecule has 0 saturated carbocycles. The van der Waals surface area contributed by atoms with Crippen molar-refractivity contribution in [2.45, 2.75) is 20.3 Å². The molecule has 0 bridgehead atoms. The molecular formula is C11H17N3O2S. The molecule has 0 aliphatic carbocycles. The maximum atomic E-state index is 11.3. The SMILES string of the molecule is Cc1cnc(C)c(NCC2CCS(=O)(=O)C2)n1. The van der Waals surface area contributed by atoms with E-state index in [-0.39, 0.29) is 11.7 Å². The van der Waals surface area contributed by atoms with Crippen LogP contribution in [0.3, 0.4) is 0 Å². The minimum absolute atomic E-state index is 0.196. The Morgan fingerprint density at radius 1 is 1.47 bits per heavy atom. The van der Waals surface area contributed by atoms with E-state index in [1.807, 2.05) is 13.8 Å². The average Bonchev–Trinajstić information content (AvgIpc) is 2.60. The lowest BCUT2D eigenvalue weighted by Crippen LogP contribution is -2.17. The van der Waals surface area contributed by atoms with Crippen molar-refractivity contribution in [2.24, 2.45) is 5.92 Å². The van der Waals surface area contributed by atoms with Gasteiger partial charge in [-0.2, -0.15) is 0 Å². The van der Waals surface area contributed by atoms with Gasteiger partial charge in [0.1, 0.15) is 5.82 Å². The van der Waals surface area contributed by atoms with Gasteiger partial charge in [-0.1, -0.05) is 0 Å². The summed E-state index contributed by atoms with van der Waals surface area (Å²) in [4.78, 5) is 8.56. The molecule has 1 fully saturated rings. The van der Waals surface area contributed by atoms with E-state index in [0.717, 1.165) is 23.6 Å². The summed E-state index contributed by atoms with van der Waals surface area (Å²) in [5.41, 5.74) is 1.70. The number of rotatable bonds is 3. The van der Waals surface area contributed by atoms with Crippen molar-refractivity contribution in [3.8, 4) is 0 Å². The van der Waals surface area contributed by atoms with Crippen molar-refractivity contribution in [1.29, 1.82) is 0 Å². The second kappa shape index (κ2) is 4.60. The Labute approximate surface area is 102 Å². The maximum Gasteiger partial charge on any atom is 0.150 e. The minimum atomic E-state index is -2.79. The third kappa shape index (κ3) is 3.15. The van der Waals surface area contributed by atoms with Gasteiger partial charge in [0.05, 0.1) is 22.9 Å². The first-order chi connectivity index (χ1) is 7.96. The van der Waals surface area contributed by atoms with Gasteiger partial charge in [0.2, 0.25) is 0 Å². The summed E-state index contributed by atoms with van der Waals surface area (Å²) >= 11 is 0. The first-order valence-electron chi connectivity index (χ1n) is 5.71. The first-order valence-corrected chi connectivity index (χ1v) is 7.53. The highest BCUT2D eigenvalue weighted by atomic mass is 32.2. The molecule has 6 heteroatoms. The van der Waals surface area contributed by atoms with Crippen LogP contribution in [0, 0.1) is 19.8 Å². The van der Waals surface area contributed by atoms with Crippen molar-refractivity contribution < 1.29 is 8.42 Å². The molecule has 0 aromatic carbocycles. The smallest absolute Gasteiger partial charge is 0.150 e. The summed E-state index contributed by atoms with van der Waals surface area (Å²) in [5.74, 6) is 1.56. The second-order valence-corrected chi connectivity index (χ2v) is 6.82. The predicted molar refractivity (Wildman–Crippen MR) is 66.8 cm³/mol. The van der Waals surface area contributed by atoms with Crippen LogP contribution in [0.25, 0.3) is 0 Å². The number of sulfone groups is 1. The molecule has 1 aromatic heterocycles. The average molecular weight is 255 g/mol. The lowest BCUT2D eigenvalue weighted by Gasteiger charge is -2.11. The molecule has 0 radical (unpaired) electrons. The highest BCUT2D eigenvalue weighted by molar-refractivity contribution is 7.91. The first kappa shape index (κ1) is 12.3. The van der Waals surface area contributed by atoms with E-state index in [9.17, 15) is 8.42 Å². The fourth-order valence-electron chi connectivity index (χ4n) is 1.98. The predicted octanol–water partition coefficient (Wildman–Crippen LogP) is 0.940. The zero-order chi connectivity index (χ0) is 12.5. The number of aromatic nitrogens is 2. The molecule has 1 aliphatic heterocycles. The van der Waals surface area contributed by atoms with Gasteiger partial charge in [0.25, 0.3) is 0 Å². The van der Waals surface area contributed by atoms with Gasteiger partial charge in [0.15, 0.2) is 9.84 Å². The van der Waals surface area contributed by atoms with Gasteiger partial charge >= 0.3 is 0 Å². The van der Waals surface area contributed by atoms with E-state index in [2.05, 4.69) is 15.3 Å². The fraction of sp³-hybridized carbons (Fsp3) is 0.636. The molecule has 17 heavy (non-hydrogen) atoms. The number of nitrogens with zero attached hydrogens (tertiary/aromatic N) is 2. The summed E-state index contributed by atoms with van der Waals surface area (Å²) in [6.07, 6.45) is 2.47. The van der Waals surface area contributed by atoms with Crippen LogP contribution in [0.4, 0.5) is 5.82 Å². The summed E-state index contributed by atoms with van der Waals surface area (Å²) in [6, 6.07) is 0. The van der Waals surface area contributed by atoms with Gasteiger partial charge < -0.3 is 5.32 Å². The van der Waals surface area contributed by atoms with Gasteiger partial charge in [0, 0.05) is 12.7 Å². The lowest BCUT2D eigenvalue weighted by atomic mass is 10.1. The van der Waals surface area contributed by atoms with Crippen molar-refractivity contribution in [2.75, 3.05) is 23.4 Å². The number of aryl methyl sites for hydroxylation is 2. The molecule has 1 saturated heterocycles. The number of nitrogens with one attached hydrogen (secondary N) is 1. The highest BCUT2D eigenvalue weighted by Crippen LogP contribution is 2.19. The molecule has 0 amide bonds. The summed E-state index contributed by atoms with van der Waals surface area (Å²) in [7, 11) is -2.79. The Bertz CT molecular complexity index is 513. The van der Waals surface area contributed by atoms with Crippen LogP contribution in [-0.2, 0) is 9.84 Å². The van der Waals surface area contributed by atoms with Crippen LogP contribution in [0.1, 0.15) is 17.8 Å². The Balaban J connectivity index is 1.97. The number of hydrogen-bond acceptors (Lipinski definition) is 5. The van der Waals surface area contributed by atoms with Crippen molar-refractivity contribution in [3.63, 3.8) is 0 Å². The Kier molecular flexibility index (Phi) is 3.33. The minimum Gasteiger partial charge on any atom is -0.368 e. The van der Waals surface area contributed by atoms with Crippen molar-refractivity contribution in [3.05, 3.63) is 17.6 Å². The van der Waals surface area contributed by atoms with Gasteiger partial charge in [-0.15, -0.1) is 0 Å². The molecule has 5 nitrogen and oxygen atoms in total. The molecule has 0 spiro atoms. The number of hydrogen-bond donors (Lipinski definition) is 1. The molecule has 1 aliphatic rings. The van der Waals surface area contributed by atoms with E-state index in [1.165, 1.54) is 0 Å². The number of anilines is 1. The molecule has 1 unspecified atom stereocenters. The maximum absolute atomic E-state index is 11.3. The normalized spacial score (nSPS) is 22.6. The Morgan fingerprint density at radius 3 is 2.88 bits per heavy atom. The van der Waals surface area contributed by atoms with Gasteiger partial charge in [-0.05, 0) is 26.2 Å². The van der Waals surface area contributed by atoms with Crippen LogP contribution in [0.2, 0.25) is 0 Å². The summed E-state index contributed by atoms with van der Waals surface area (Å²) in [6.45, 7) is 4.43. The summed E-state index contributed by atoms with van der Waals surface area (Å²) < 4.78 is 22.6. The molecule has 1 aromatic rings. The highest BCUT2D eigenvalue weighted by Gasteiger charge is 2.27. The molecule has 2 rings (SSSR count). The fourth-order valence-corrected chi connectivity index (χ4v) is 3.84. The monoisotopic (exact) mass is 255 g/mol. The topological polar surface area (TPSA) is 72.0 Å². The lowest BCUT2D eigenvalue weighted by molar-refractivity contribution is 0.595. The molecule has 1 N–H and O–H groups in total. The molecular weight excluding hydrogens is 238 g/mol. The van der Waals surface area contributed by atoms with Crippen LogP contribution in [-0.4, -0.2) is 36.4 Å². The van der Waals surface area contributed by atoms with E-state index in [1.54, 1.807) is 6.20 Å². The Hall–Kier alpha value is -1.17. The van der Waals surface area contributed by atoms with Crippen LogP contribution in [0.15, 0.2) is 6.20 Å². The quantitative estimate of drug-likeness (QED) is 0.870. The molecule has 2 heterocycles. The Morgan fingerprint density at radius 2 is 2.24 bits per heavy atom. The van der Waals surface area contributed by atoms with Gasteiger partial charge in [-0.25, -0.2) is 13.4 Å². The third-order valence-corrected chi connectivity index (χ3v) is 4.80. The van der Waals surface area contributed by atoms with E-state index >= 15 is 0 Å². The third-order valence-electron chi connectivity index (χ3n) is 2.96. The van der Waals surface area contributed by atoms with Crippen molar-refractivity contribution >= 4 is 15.7 Å². The zero-order valence-corrected chi connectivity index (χ0v) is 10.9.